The third-order valence-electron chi connectivity index (χ3n) is 4.09. The Bertz CT molecular complexity index is 996. The van der Waals surface area contributed by atoms with Gasteiger partial charge in [0.2, 0.25) is 0 Å². The number of fused-ring (bicyclic) bond motifs is 1. The molecule has 138 valence electrons. The van der Waals surface area contributed by atoms with Gasteiger partial charge in [-0.3, -0.25) is 9.59 Å². The number of rotatable bonds is 2. The fourth-order valence-electron chi connectivity index (χ4n) is 2.88. The lowest BCUT2D eigenvalue weighted by atomic mass is 9.86. The quantitative estimate of drug-likeness (QED) is 0.797. The molecule has 1 aliphatic carbocycles. The van der Waals surface area contributed by atoms with Gasteiger partial charge in [0.05, 0.1) is 17.2 Å². The van der Waals surface area contributed by atoms with Crippen LogP contribution in [0.4, 0.5) is 22.0 Å². The van der Waals surface area contributed by atoms with Gasteiger partial charge in [-0.25, -0.2) is 8.78 Å². The van der Waals surface area contributed by atoms with Gasteiger partial charge in [0.1, 0.15) is 17.7 Å². The first-order chi connectivity index (χ1) is 12.6. The fourth-order valence-corrected chi connectivity index (χ4v) is 2.88. The summed E-state index contributed by atoms with van der Waals surface area (Å²) in [5.41, 5.74) is -2.16. The third-order valence-corrected chi connectivity index (χ3v) is 4.09. The van der Waals surface area contributed by atoms with Crippen molar-refractivity contribution >= 4 is 11.6 Å². The number of hydrogen-bond acceptors (Lipinski definition) is 4. The summed E-state index contributed by atoms with van der Waals surface area (Å²) in [6.07, 6.45) is -2.40. The summed E-state index contributed by atoms with van der Waals surface area (Å²) < 4.78 is 65.7. The first-order valence-electron chi connectivity index (χ1n) is 7.54. The van der Waals surface area contributed by atoms with Crippen LogP contribution in [0, 0.1) is 23.0 Å². The number of alkyl halides is 3. The number of nitrogens with zero attached hydrogens (tertiary/aromatic N) is 1. The second kappa shape index (κ2) is 6.46. The summed E-state index contributed by atoms with van der Waals surface area (Å²) in [6.45, 7) is 0. The SMILES string of the molecule is N#CC1NC(CC2=CC(=O)c3c(F)cc(F)cc3C2=O)=CC=C1C(F)(F)F. The highest BCUT2D eigenvalue weighted by molar-refractivity contribution is 6.24. The van der Waals surface area contributed by atoms with E-state index < -0.39 is 52.1 Å². The molecule has 0 bridgehead atoms. The average molecular weight is 380 g/mol. The number of nitrogens with one attached hydrogen (secondary N) is 1. The highest BCUT2D eigenvalue weighted by atomic mass is 19.4. The van der Waals surface area contributed by atoms with E-state index in [9.17, 15) is 31.5 Å². The highest BCUT2D eigenvalue weighted by Crippen LogP contribution is 2.32. The van der Waals surface area contributed by atoms with Crippen molar-refractivity contribution in [3.05, 3.63) is 70.0 Å². The molecule has 2 aliphatic rings. The Kier molecular flexibility index (Phi) is 4.43. The Morgan fingerprint density at radius 1 is 1.15 bits per heavy atom. The maximum Gasteiger partial charge on any atom is 0.415 e. The predicted octanol–water partition coefficient (Wildman–Crippen LogP) is 3.53. The molecule has 0 fully saturated rings. The molecule has 27 heavy (non-hydrogen) atoms. The molecule has 1 aliphatic heterocycles. The Labute approximate surface area is 149 Å². The van der Waals surface area contributed by atoms with Crippen LogP contribution in [0.5, 0.6) is 0 Å². The van der Waals surface area contributed by atoms with E-state index in [2.05, 4.69) is 5.32 Å². The Balaban J connectivity index is 1.93. The van der Waals surface area contributed by atoms with Crippen LogP contribution in [0.2, 0.25) is 0 Å². The Morgan fingerprint density at radius 2 is 1.85 bits per heavy atom. The second-order valence-electron chi connectivity index (χ2n) is 5.87. The van der Waals surface area contributed by atoms with Gasteiger partial charge in [-0.15, -0.1) is 0 Å². The molecular formula is C18H9F5N2O2. The van der Waals surface area contributed by atoms with Crippen molar-refractivity contribution < 1.29 is 31.5 Å². The maximum absolute atomic E-state index is 13.8. The van der Waals surface area contributed by atoms with E-state index in [1.807, 2.05) is 0 Å². The van der Waals surface area contributed by atoms with Crippen molar-refractivity contribution in [2.24, 2.45) is 0 Å². The summed E-state index contributed by atoms with van der Waals surface area (Å²) in [6, 6.07) is 1.00. The van der Waals surface area contributed by atoms with Gasteiger partial charge < -0.3 is 5.32 Å². The molecule has 1 unspecified atom stereocenters. The number of halogens is 5. The van der Waals surface area contributed by atoms with Gasteiger partial charge in [0.25, 0.3) is 0 Å². The van der Waals surface area contributed by atoms with Crippen LogP contribution < -0.4 is 5.32 Å². The van der Waals surface area contributed by atoms with Crippen molar-refractivity contribution in [3.8, 4) is 6.07 Å². The van der Waals surface area contributed by atoms with Gasteiger partial charge >= 0.3 is 6.18 Å². The highest BCUT2D eigenvalue weighted by Gasteiger charge is 2.40. The fraction of sp³-hybridized carbons (Fsp3) is 0.167. The molecule has 1 atom stereocenters. The van der Waals surface area contributed by atoms with Crippen LogP contribution in [0.15, 0.2) is 47.2 Å². The molecular weight excluding hydrogens is 371 g/mol. The molecule has 0 saturated heterocycles. The number of carbonyl (C=O) groups is 2. The number of ketones is 2. The van der Waals surface area contributed by atoms with Crippen LogP contribution in [0.25, 0.3) is 0 Å². The zero-order valence-electron chi connectivity index (χ0n) is 13.3. The number of Topliss-reactive ketones (excluding diaryl/α,β-unsaturated/α-hetero) is 1. The lowest BCUT2D eigenvalue weighted by Gasteiger charge is -2.25. The first-order valence-corrected chi connectivity index (χ1v) is 7.54. The van der Waals surface area contributed by atoms with Crippen LogP contribution in [-0.4, -0.2) is 23.8 Å². The number of nitriles is 1. The molecule has 1 aromatic rings. The molecule has 9 heteroatoms. The van der Waals surface area contributed by atoms with E-state index in [0.29, 0.717) is 12.1 Å². The smallest absolute Gasteiger partial charge is 0.369 e. The maximum atomic E-state index is 13.8. The molecule has 0 spiro atoms. The Hall–Kier alpha value is -3.28. The van der Waals surface area contributed by atoms with E-state index in [-0.39, 0.29) is 17.7 Å². The molecule has 0 saturated carbocycles. The molecule has 0 amide bonds. The average Bonchev–Trinajstić information content (AvgIpc) is 2.57. The summed E-state index contributed by atoms with van der Waals surface area (Å²) in [5, 5.41) is 11.3. The molecule has 0 aromatic heterocycles. The van der Waals surface area contributed by atoms with Gasteiger partial charge in [-0.1, -0.05) is 0 Å². The summed E-state index contributed by atoms with van der Waals surface area (Å²) >= 11 is 0. The van der Waals surface area contributed by atoms with Gasteiger partial charge in [-0.05, 0) is 24.3 Å². The van der Waals surface area contributed by atoms with Crippen LogP contribution in [-0.2, 0) is 0 Å². The zero-order chi connectivity index (χ0) is 19.9. The number of dihydropyridines is 1. The molecule has 1 N–H and O–H groups in total. The monoisotopic (exact) mass is 380 g/mol. The molecule has 4 nitrogen and oxygen atoms in total. The van der Waals surface area contributed by atoms with Crippen LogP contribution in [0.1, 0.15) is 27.1 Å². The molecule has 1 aromatic carbocycles. The second-order valence-corrected chi connectivity index (χ2v) is 5.87. The summed E-state index contributed by atoms with van der Waals surface area (Å²) in [4.78, 5) is 24.5. The topological polar surface area (TPSA) is 70.0 Å². The van der Waals surface area contributed by atoms with Crippen molar-refractivity contribution in [1.29, 1.82) is 5.26 Å². The molecule has 3 rings (SSSR count). The lowest BCUT2D eigenvalue weighted by molar-refractivity contribution is -0.0950. The number of benzene rings is 1. The minimum Gasteiger partial charge on any atom is -0.369 e. The van der Waals surface area contributed by atoms with Crippen molar-refractivity contribution in [1.82, 2.24) is 5.32 Å². The zero-order valence-corrected chi connectivity index (χ0v) is 13.3. The van der Waals surface area contributed by atoms with Gasteiger partial charge in [-0.2, -0.15) is 18.4 Å². The molecule has 1 heterocycles. The van der Waals surface area contributed by atoms with Gasteiger partial charge in [0.15, 0.2) is 11.6 Å². The number of hydrogen-bond donors (Lipinski definition) is 1. The predicted molar refractivity (Wildman–Crippen MR) is 82.5 cm³/mol. The summed E-state index contributed by atoms with van der Waals surface area (Å²) in [5.74, 6) is -3.87. The van der Waals surface area contributed by atoms with Crippen molar-refractivity contribution in [2.75, 3.05) is 0 Å². The molecule has 0 radical (unpaired) electrons. The number of allylic oxidation sites excluding steroid dienone is 4. The minimum atomic E-state index is -4.71. The Morgan fingerprint density at radius 3 is 2.48 bits per heavy atom. The van der Waals surface area contributed by atoms with Crippen LogP contribution >= 0.6 is 0 Å². The number of carbonyl (C=O) groups excluding carboxylic acids is 2. The third kappa shape index (κ3) is 3.38. The van der Waals surface area contributed by atoms with Crippen LogP contribution in [0.3, 0.4) is 0 Å². The van der Waals surface area contributed by atoms with Crippen molar-refractivity contribution in [3.63, 3.8) is 0 Å². The van der Waals surface area contributed by atoms with E-state index in [1.54, 1.807) is 0 Å². The normalized spacial score (nSPS) is 19.4. The lowest BCUT2D eigenvalue weighted by Crippen LogP contribution is -2.37. The van der Waals surface area contributed by atoms with Crippen molar-refractivity contribution in [2.45, 2.75) is 18.6 Å². The van der Waals surface area contributed by atoms with E-state index in [4.69, 9.17) is 5.26 Å². The van der Waals surface area contributed by atoms with E-state index in [0.717, 1.165) is 18.2 Å². The largest absolute Gasteiger partial charge is 0.415 e. The van der Waals surface area contributed by atoms with Gasteiger partial charge in [0, 0.05) is 29.3 Å². The summed E-state index contributed by atoms with van der Waals surface area (Å²) in [7, 11) is 0. The minimum absolute atomic E-state index is 0.0854. The first kappa shape index (κ1) is 18.5. The van der Waals surface area contributed by atoms with E-state index >= 15 is 0 Å². The van der Waals surface area contributed by atoms with E-state index in [1.165, 1.54) is 6.07 Å². The standard InChI is InChI=1S/C18H9F5N2O2/c19-9-5-11-16(13(20)6-9)15(26)4-8(17(11)27)3-10-1-2-12(18(21,22)23)14(7-24)25-10/h1-2,4-6,14,25H,3H2.